The average Bonchev–Trinajstić information content (AvgIpc) is 3.35. The fourth-order valence-corrected chi connectivity index (χ4v) is 3.34. The normalized spacial score (nSPS) is 11.2. The molecule has 0 aliphatic carbocycles. The second-order valence-corrected chi connectivity index (χ2v) is 7.54. The lowest BCUT2D eigenvalue weighted by atomic mass is 10.2. The Kier molecular flexibility index (Phi) is 5.05. The molecule has 152 valence electrons. The molecule has 4 aromatic rings. The van der Waals surface area contributed by atoms with E-state index in [4.69, 9.17) is 0 Å². The third kappa shape index (κ3) is 3.93. The number of nitrogens with zero attached hydrogens (tertiary/aromatic N) is 4. The zero-order chi connectivity index (χ0) is 21.3. The quantitative estimate of drug-likeness (QED) is 0.375. The third-order valence-electron chi connectivity index (χ3n) is 4.76. The highest BCUT2D eigenvalue weighted by atomic mass is 16.6. The number of hydrogen-bond donors (Lipinski definition) is 1. The van der Waals surface area contributed by atoms with E-state index in [9.17, 15) is 14.9 Å². The number of nitro groups is 1. The van der Waals surface area contributed by atoms with Crippen LogP contribution in [0.1, 0.15) is 24.2 Å². The average molecular weight is 403 g/mol. The Balaban J connectivity index is 1.49. The van der Waals surface area contributed by atoms with Crippen molar-refractivity contribution in [2.24, 2.45) is 5.92 Å². The van der Waals surface area contributed by atoms with Crippen LogP contribution in [-0.4, -0.2) is 25.2 Å². The highest BCUT2D eigenvalue weighted by Crippen LogP contribution is 2.22. The van der Waals surface area contributed by atoms with Crippen molar-refractivity contribution in [2.45, 2.75) is 20.4 Å². The van der Waals surface area contributed by atoms with E-state index in [-0.39, 0.29) is 11.6 Å². The van der Waals surface area contributed by atoms with Gasteiger partial charge in [-0.3, -0.25) is 14.9 Å². The molecule has 0 aliphatic heterocycles. The van der Waals surface area contributed by atoms with Crippen LogP contribution in [0.4, 0.5) is 11.4 Å². The summed E-state index contributed by atoms with van der Waals surface area (Å²) in [7, 11) is 0. The number of amides is 1. The zero-order valence-corrected chi connectivity index (χ0v) is 16.6. The van der Waals surface area contributed by atoms with Gasteiger partial charge in [-0.25, -0.2) is 4.68 Å². The van der Waals surface area contributed by atoms with Crippen molar-refractivity contribution in [1.82, 2.24) is 14.3 Å². The lowest BCUT2D eigenvalue weighted by molar-refractivity contribution is -0.384. The van der Waals surface area contributed by atoms with Crippen molar-refractivity contribution in [3.8, 4) is 5.69 Å². The van der Waals surface area contributed by atoms with E-state index >= 15 is 0 Å². The molecule has 2 heterocycles. The van der Waals surface area contributed by atoms with Gasteiger partial charge in [0, 0.05) is 47.7 Å². The lowest BCUT2D eigenvalue weighted by Gasteiger charge is -2.09. The van der Waals surface area contributed by atoms with Crippen molar-refractivity contribution in [3.05, 3.63) is 82.8 Å². The van der Waals surface area contributed by atoms with Gasteiger partial charge in [-0.15, -0.1) is 0 Å². The van der Waals surface area contributed by atoms with E-state index in [2.05, 4.69) is 35.0 Å². The summed E-state index contributed by atoms with van der Waals surface area (Å²) >= 11 is 0. The maximum atomic E-state index is 12.6. The van der Waals surface area contributed by atoms with Crippen LogP contribution in [0.15, 0.2) is 67.1 Å². The molecule has 2 aromatic carbocycles. The van der Waals surface area contributed by atoms with Crippen LogP contribution in [0, 0.1) is 16.0 Å². The van der Waals surface area contributed by atoms with E-state index in [1.807, 2.05) is 24.3 Å². The van der Waals surface area contributed by atoms with Gasteiger partial charge >= 0.3 is 0 Å². The molecule has 0 aliphatic rings. The van der Waals surface area contributed by atoms with Crippen molar-refractivity contribution < 1.29 is 9.72 Å². The number of nitro benzene ring substituents is 1. The van der Waals surface area contributed by atoms with Gasteiger partial charge in [0.15, 0.2) is 0 Å². The van der Waals surface area contributed by atoms with E-state index in [0.29, 0.717) is 22.9 Å². The maximum absolute atomic E-state index is 12.6. The van der Waals surface area contributed by atoms with E-state index in [1.165, 1.54) is 23.0 Å². The van der Waals surface area contributed by atoms with Gasteiger partial charge in [-0.1, -0.05) is 13.8 Å². The number of carbonyl (C=O) groups excluding carboxylic acids is 1. The molecule has 1 N–H and O–H groups in total. The number of carbonyl (C=O) groups is 1. The molecule has 0 fully saturated rings. The number of aromatic nitrogens is 3. The number of fused-ring (bicyclic) bond motifs is 1. The van der Waals surface area contributed by atoms with E-state index in [0.717, 1.165) is 17.4 Å². The fraction of sp³-hybridized carbons (Fsp3) is 0.182. The minimum Gasteiger partial charge on any atom is -0.347 e. The van der Waals surface area contributed by atoms with Crippen LogP contribution in [0.3, 0.4) is 0 Å². The third-order valence-corrected chi connectivity index (χ3v) is 4.76. The van der Waals surface area contributed by atoms with Crippen molar-refractivity contribution >= 4 is 28.2 Å². The molecule has 8 heteroatoms. The Hall–Kier alpha value is -3.94. The Labute approximate surface area is 172 Å². The molecule has 0 saturated carbocycles. The second kappa shape index (κ2) is 7.82. The summed E-state index contributed by atoms with van der Waals surface area (Å²) in [6.45, 7) is 5.30. The number of hydrogen-bond acceptors (Lipinski definition) is 4. The first-order valence-electron chi connectivity index (χ1n) is 9.60. The summed E-state index contributed by atoms with van der Waals surface area (Å²) in [5, 5.41) is 18.9. The molecule has 0 bridgehead atoms. The number of non-ortho nitro benzene ring substituents is 1. The zero-order valence-electron chi connectivity index (χ0n) is 16.6. The van der Waals surface area contributed by atoms with Crippen molar-refractivity contribution in [3.63, 3.8) is 0 Å². The topological polar surface area (TPSA) is 95.0 Å². The Morgan fingerprint density at radius 1 is 1.17 bits per heavy atom. The SMILES string of the molecule is CC(C)Cn1ccc2cc(NC(=O)c3cnn(-c4ccc([N+](=O)[O-])cc4)c3)ccc21. The molecule has 0 saturated heterocycles. The number of anilines is 1. The van der Waals surface area contributed by atoms with E-state index < -0.39 is 4.92 Å². The second-order valence-electron chi connectivity index (χ2n) is 7.54. The van der Waals surface area contributed by atoms with Crippen LogP contribution in [0.2, 0.25) is 0 Å². The predicted molar refractivity (Wildman–Crippen MR) is 115 cm³/mol. The summed E-state index contributed by atoms with van der Waals surface area (Å²) in [5.41, 5.74) is 2.87. The molecule has 8 nitrogen and oxygen atoms in total. The van der Waals surface area contributed by atoms with Crippen molar-refractivity contribution in [1.29, 1.82) is 0 Å². The van der Waals surface area contributed by atoms with Gasteiger partial charge in [-0.2, -0.15) is 5.10 Å². The molecule has 4 rings (SSSR count). The first kappa shape index (κ1) is 19.4. The standard InChI is InChI=1S/C22H21N5O3/c1-15(2)13-25-10-9-16-11-18(3-8-21(16)25)24-22(28)17-12-23-26(14-17)19-4-6-20(7-5-19)27(29)30/h3-12,14-15H,13H2,1-2H3,(H,24,28). The Morgan fingerprint density at radius 2 is 1.93 bits per heavy atom. The highest BCUT2D eigenvalue weighted by molar-refractivity contribution is 6.04. The molecule has 0 radical (unpaired) electrons. The minimum absolute atomic E-state index is 0.00138. The number of rotatable bonds is 6. The summed E-state index contributed by atoms with van der Waals surface area (Å²) < 4.78 is 3.72. The monoisotopic (exact) mass is 403 g/mol. The van der Waals surface area contributed by atoms with Gasteiger partial charge < -0.3 is 9.88 Å². The number of nitrogens with one attached hydrogen (secondary N) is 1. The van der Waals surface area contributed by atoms with Gasteiger partial charge in [-0.05, 0) is 42.3 Å². The summed E-state index contributed by atoms with van der Waals surface area (Å²) in [6, 6.07) is 13.9. The first-order chi connectivity index (χ1) is 14.4. The van der Waals surface area contributed by atoms with Crippen LogP contribution in [0.5, 0.6) is 0 Å². The summed E-state index contributed by atoms with van der Waals surface area (Å²) in [4.78, 5) is 22.9. The van der Waals surface area contributed by atoms with Crippen LogP contribution < -0.4 is 5.32 Å². The Morgan fingerprint density at radius 3 is 2.63 bits per heavy atom. The first-order valence-corrected chi connectivity index (χ1v) is 9.60. The number of benzene rings is 2. The lowest BCUT2D eigenvalue weighted by Crippen LogP contribution is -2.11. The highest BCUT2D eigenvalue weighted by Gasteiger charge is 2.12. The van der Waals surface area contributed by atoms with Gasteiger partial charge in [0.1, 0.15) is 0 Å². The molecule has 0 atom stereocenters. The van der Waals surface area contributed by atoms with Gasteiger partial charge in [0.2, 0.25) is 0 Å². The summed E-state index contributed by atoms with van der Waals surface area (Å²) in [5.74, 6) is 0.274. The van der Waals surface area contributed by atoms with Crippen molar-refractivity contribution in [2.75, 3.05) is 5.32 Å². The largest absolute Gasteiger partial charge is 0.347 e. The molecule has 0 unspecified atom stereocenters. The van der Waals surface area contributed by atoms with Crippen LogP contribution >= 0.6 is 0 Å². The molecule has 30 heavy (non-hydrogen) atoms. The molecule has 2 aromatic heterocycles. The molecular weight excluding hydrogens is 382 g/mol. The van der Waals surface area contributed by atoms with Crippen LogP contribution in [0.25, 0.3) is 16.6 Å². The minimum atomic E-state index is -0.459. The smallest absolute Gasteiger partial charge is 0.269 e. The Bertz CT molecular complexity index is 1220. The van der Waals surface area contributed by atoms with Gasteiger partial charge in [0.05, 0.1) is 22.4 Å². The molecular formula is C22H21N5O3. The fourth-order valence-electron chi connectivity index (χ4n) is 3.34. The van der Waals surface area contributed by atoms with Gasteiger partial charge in [0.25, 0.3) is 11.6 Å². The molecule has 0 spiro atoms. The predicted octanol–water partition coefficient (Wildman–Crippen LogP) is 4.64. The van der Waals surface area contributed by atoms with E-state index in [1.54, 1.807) is 18.3 Å². The maximum Gasteiger partial charge on any atom is 0.269 e. The molecule has 1 amide bonds. The summed E-state index contributed by atoms with van der Waals surface area (Å²) in [6.07, 6.45) is 5.12. The van der Waals surface area contributed by atoms with Crippen LogP contribution in [-0.2, 0) is 6.54 Å².